The van der Waals surface area contributed by atoms with Crippen molar-refractivity contribution in [3.8, 4) is 0 Å². The maximum Gasteiger partial charge on any atom is 0.490 e. The molecule has 34 heavy (non-hydrogen) atoms. The van der Waals surface area contributed by atoms with Gasteiger partial charge in [-0.25, -0.2) is 17.9 Å². The second-order valence-electron chi connectivity index (χ2n) is 7.66. The first-order valence-corrected chi connectivity index (χ1v) is 11.9. The Morgan fingerprint density at radius 2 is 1.82 bits per heavy atom. The molecule has 0 spiro atoms. The molecule has 0 aliphatic carbocycles. The van der Waals surface area contributed by atoms with E-state index in [1.165, 1.54) is 0 Å². The number of aryl methyl sites for hydroxylation is 1. The summed E-state index contributed by atoms with van der Waals surface area (Å²) < 4.78 is 59.9. The molecule has 1 aliphatic rings. The van der Waals surface area contributed by atoms with Crippen LogP contribution < -0.4 is 9.62 Å². The van der Waals surface area contributed by atoms with Crippen molar-refractivity contribution in [1.82, 2.24) is 9.71 Å². The summed E-state index contributed by atoms with van der Waals surface area (Å²) >= 11 is 6.06. The Hall–Kier alpha value is -2.89. The highest BCUT2D eigenvalue weighted by molar-refractivity contribution is 7.89. The molecule has 1 unspecified atom stereocenters. The maximum atomic E-state index is 12.6. The average molecular weight is 516 g/mol. The van der Waals surface area contributed by atoms with E-state index in [1.807, 2.05) is 43.3 Å². The molecule has 2 heterocycles. The number of hydrogen-bond donors (Lipinski definition) is 2. The van der Waals surface area contributed by atoms with Gasteiger partial charge in [0.15, 0.2) is 0 Å². The number of anilines is 1. The zero-order valence-electron chi connectivity index (χ0n) is 17.9. The molecular formula is C22H21ClF3N3O4S. The van der Waals surface area contributed by atoms with E-state index in [-0.39, 0.29) is 6.04 Å². The highest BCUT2D eigenvalue weighted by Crippen LogP contribution is 2.30. The summed E-state index contributed by atoms with van der Waals surface area (Å²) in [6.07, 6.45) is -2.57. The van der Waals surface area contributed by atoms with Crippen LogP contribution in [0.2, 0.25) is 5.02 Å². The number of nitrogens with zero attached hydrogens (tertiary/aromatic N) is 2. The Labute approximate surface area is 199 Å². The Bertz CT molecular complexity index is 1280. The van der Waals surface area contributed by atoms with Crippen molar-refractivity contribution in [2.75, 3.05) is 18.0 Å². The normalized spacial score (nSPS) is 16.3. The van der Waals surface area contributed by atoms with Crippen LogP contribution in [0, 0.1) is 6.92 Å². The predicted molar refractivity (Wildman–Crippen MR) is 123 cm³/mol. The summed E-state index contributed by atoms with van der Waals surface area (Å²) in [6, 6.07) is 14.4. The minimum Gasteiger partial charge on any atom is -0.475 e. The number of aliphatic carboxylic acids is 1. The van der Waals surface area contributed by atoms with Gasteiger partial charge in [0.05, 0.1) is 10.4 Å². The standard InChI is InChI=1S/C20H20ClN3O2S.C2HF3O2/c1-14-2-5-17(6-3-14)27(25,26)23-16-9-11-24(13-16)20-8-10-22-19-12-15(21)4-7-18(19)20;3-2(4,5)1(6)7/h2-8,10,12,16,23H,9,11,13H2,1H3;(H,6,7). The van der Waals surface area contributed by atoms with E-state index in [4.69, 9.17) is 21.5 Å². The molecule has 7 nitrogen and oxygen atoms in total. The molecule has 3 aromatic rings. The van der Waals surface area contributed by atoms with Crippen molar-refractivity contribution in [3.05, 3.63) is 65.3 Å². The molecule has 1 atom stereocenters. The first kappa shape index (κ1) is 25.7. The number of alkyl halides is 3. The number of benzene rings is 2. The Balaban J connectivity index is 0.000000406. The molecule has 1 fully saturated rings. The lowest BCUT2D eigenvalue weighted by Gasteiger charge is -2.21. The summed E-state index contributed by atoms with van der Waals surface area (Å²) in [5, 5.41) is 8.79. The van der Waals surface area contributed by atoms with Gasteiger partial charge in [-0.1, -0.05) is 29.3 Å². The van der Waals surface area contributed by atoms with Gasteiger partial charge >= 0.3 is 12.1 Å². The third-order valence-corrected chi connectivity index (χ3v) is 6.88. The van der Waals surface area contributed by atoms with Crippen LogP contribution in [0.5, 0.6) is 0 Å². The maximum absolute atomic E-state index is 12.6. The van der Waals surface area contributed by atoms with Crippen LogP contribution >= 0.6 is 11.6 Å². The molecule has 1 aliphatic heterocycles. The van der Waals surface area contributed by atoms with Crippen LogP contribution in [-0.4, -0.2) is 49.8 Å². The molecule has 1 saturated heterocycles. The van der Waals surface area contributed by atoms with Crippen molar-refractivity contribution in [2.24, 2.45) is 0 Å². The molecule has 12 heteroatoms. The lowest BCUT2D eigenvalue weighted by molar-refractivity contribution is -0.192. The molecule has 182 valence electrons. The molecule has 1 aromatic heterocycles. The topological polar surface area (TPSA) is 99.6 Å². The fourth-order valence-electron chi connectivity index (χ4n) is 3.46. The smallest absolute Gasteiger partial charge is 0.475 e. The average Bonchev–Trinajstić information content (AvgIpc) is 3.20. The number of rotatable bonds is 4. The number of aromatic nitrogens is 1. The van der Waals surface area contributed by atoms with Gasteiger partial charge in [0.25, 0.3) is 0 Å². The van der Waals surface area contributed by atoms with Crippen LogP contribution in [0.4, 0.5) is 18.9 Å². The highest BCUT2D eigenvalue weighted by atomic mass is 35.5. The van der Waals surface area contributed by atoms with Crippen molar-refractivity contribution in [3.63, 3.8) is 0 Å². The minimum absolute atomic E-state index is 0.133. The van der Waals surface area contributed by atoms with E-state index < -0.39 is 22.2 Å². The lowest BCUT2D eigenvalue weighted by Crippen LogP contribution is -2.37. The summed E-state index contributed by atoms with van der Waals surface area (Å²) in [5.41, 5.74) is 2.92. The first-order chi connectivity index (χ1) is 15.9. The van der Waals surface area contributed by atoms with E-state index in [2.05, 4.69) is 14.6 Å². The SMILES string of the molecule is Cc1ccc(S(=O)(=O)NC2CCN(c3ccnc4cc(Cl)ccc34)C2)cc1.O=C(O)C(F)(F)F. The summed E-state index contributed by atoms with van der Waals surface area (Å²) in [6.45, 7) is 3.33. The zero-order valence-corrected chi connectivity index (χ0v) is 19.5. The summed E-state index contributed by atoms with van der Waals surface area (Å²) in [4.78, 5) is 15.8. The fourth-order valence-corrected chi connectivity index (χ4v) is 4.89. The minimum atomic E-state index is -5.08. The van der Waals surface area contributed by atoms with Crippen molar-refractivity contribution >= 4 is 44.2 Å². The van der Waals surface area contributed by atoms with Crippen LogP contribution in [0.1, 0.15) is 12.0 Å². The van der Waals surface area contributed by atoms with Crippen molar-refractivity contribution in [2.45, 2.75) is 30.5 Å². The number of carboxylic acids is 1. The van der Waals surface area contributed by atoms with Gasteiger partial charge in [-0.15, -0.1) is 0 Å². The lowest BCUT2D eigenvalue weighted by atomic mass is 10.2. The molecule has 4 rings (SSSR count). The van der Waals surface area contributed by atoms with Gasteiger partial charge in [-0.2, -0.15) is 13.2 Å². The second-order valence-corrected chi connectivity index (χ2v) is 9.81. The molecule has 2 N–H and O–H groups in total. The van der Waals surface area contributed by atoms with Gasteiger partial charge in [-0.05, 0) is 49.7 Å². The molecule has 2 aromatic carbocycles. The van der Waals surface area contributed by atoms with Gasteiger partial charge in [0, 0.05) is 41.4 Å². The Morgan fingerprint density at radius 1 is 1.18 bits per heavy atom. The quantitative estimate of drug-likeness (QED) is 0.535. The number of hydrogen-bond acceptors (Lipinski definition) is 5. The van der Waals surface area contributed by atoms with E-state index in [1.54, 1.807) is 18.3 Å². The third kappa shape index (κ3) is 6.37. The molecule has 0 bridgehead atoms. The number of pyridine rings is 1. The number of carboxylic acid groups (broad SMARTS) is 1. The number of halogens is 4. The summed E-state index contributed by atoms with van der Waals surface area (Å²) in [7, 11) is -3.52. The largest absolute Gasteiger partial charge is 0.490 e. The zero-order chi connectivity index (χ0) is 25.1. The summed E-state index contributed by atoms with van der Waals surface area (Å²) in [5.74, 6) is -2.76. The van der Waals surface area contributed by atoms with Crippen LogP contribution in [0.25, 0.3) is 10.9 Å². The number of sulfonamides is 1. The Kier molecular flexibility index (Phi) is 7.69. The number of carbonyl (C=O) groups is 1. The van der Waals surface area contributed by atoms with Crippen molar-refractivity contribution in [1.29, 1.82) is 0 Å². The van der Waals surface area contributed by atoms with E-state index in [0.717, 1.165) is 35.1 Å². The highest BCUT2D eigenvalue weighted by Gasteiger charge is 2.38. The Morgan fingerprint density at radius 3 is 2.44 bits per heavy atom. The van der Waals surface area contributed by atoms with Gasteiger partial charge in [0.1, 0.15) is 0 Å². The molecular weight excluding hydrogens is 495 g/mol. The predicted octanol–water partition coefficient (Wildman–Crippen LogP) is 4.39. The molecule has 0 amide bonds. The monoisotopic (exact) mass is 515 g/mol. The number of fused-ring (bicyclic) bond motifs is 1. The number of nitrogens with one attached hydrogen (secondary N) is 1. The van der Waals surface area contributed by atoms with Crippen molar-refractivity contribution < 1.29 is 31.5 Å². The second kappa shape index (κ2) is 10.2. The third-order valence-electron chi connectivity index (χ3n) is 5.11. The van der Waals surface area contributed by atoms with Crippen LogP contribution in [-0.2, 0) is 14.8 Å². The van der Waals surface area contributed by atoms with Gasteiger partial charge < -0.3 is 10.0 Å². The van der Waals surface area contributed by atoms with Crippen LogP contribution in [0.3, 0.4) is 0 Å². The van der Waals surface area contributed by atoms with Gasteiger partial charge in [0.2, 0.25) is 10.0 Å². The fraction of sp³-hybridized carbons (Fsp3) is 0.273. The molecule has 0 saturated carbocycles. The van der Waals surface area contributed by atoms with Crippen LogP contribution in [0.15, 0.2) is 59.6 Å². The van der Waals surface area contributed by atoms with E-state index >= 15 is 0 Å². The van der Waals surface area contributed by atoms with Gasteiger partial charge in [-0.3, -0.25) is 4.98 Å². The molecule has 0 radical (unpaired) electrons. The van der Waals surface area contributed by atoms with E-state index in [0.29, 0.717) is 16.5 Å². The van der Waals surface area contributed by atoms with E-state index in [9.17, 15) is 21.6 Å². The first-order valence-electron chi connectivity index (χ1n) is 10.0.